The van der Waals surface area contributed by atoms with E-state index < -0.39 is 0 Å². The van der Waals surface area contributed by atoms with E-state index in [1.165, 1.54) is 0 Å². The quantitative estimate of drug-likeness (QED) is 0.448. The highest BCUT2D eigenvalue weighted by Gasteiger charge is 2.51. The van der Waals surface area contributed by atoms with E-state index in [0.29, 0.717) is 6.04 Å². The Labute approximate surface area is 42.6 Å². The van der Waals surface area contributed by atoms with Crippen molar-refractivity contribution >= 4 is 0 Å². The van der Waals surface area contributed by atoms with Crippen LogP contribution in [0, 0.1) is 11.8 Å². The van der Waals surface area contributed by atoms with Crippen molar-refractivity contribution in [3.05, 3.63) is 0 Å². The van der Waals surface area contributed by atoms with Crippen molar-refractivity contribution in [1.29, 1.82) is 0 Å². The molecule has 1 heterocycles. The van der Waals surface area contributed by atoms with Gasteiger partial charge in [-0.3, -0.25) is 0 Å². The highest BCUT2D eigenvalue weighted by atomic mass is 16.5. The summed E-state index contributed by atoms with van der Waals surface area (Å²) >= 11 is 0. The molecular weight excluding hydrogens is 90.1 g/mol. The second-order valence-corrected chi connectivity index (χ2v) is 2.44. The molecule has 2 rings (SSSR count). The highest BCUT2D eigenvalue weighted by molar-refractivity contribution is 5.03. The molecule has 1 aliphatic heterocycles. The molecule has 2 heteroatoms. The molecule has 0 aromatic heterocycles. The van der Waals surface area contributed by atoms with E-state index in [0.717, 1.165) is 25.0 Å². The fraction of sp³-hybridized carbons (Fsp3) is 1.00. The summed E-state index contributed by atoms with van der Waals surface area (Å²) in [5.74, 6) is 1.47. The number of hydrogen-bond acceptors (Lipinski definition) is 2. The predicted molar refractivity (Wildman–Crippen MR) is 25.8 cm³/mol. The molecule has 1 aliphatic carbocycles. The van der Waals surface area contributed by atoms with Crippen molar-refractivity contribution < 1.29 is 4.74 Å². The van der Waals surface area contributed by atoms with E-state index in [1.54, 1.807) is 0 Å². The van der Waals surface area contributed by atoms with E-state index in [1.807, 2.05) is 0 Å². The van der Waals surface area contributed by atoms with E-state index in [-0.39, 0.29) is 0 Å². The summed E-state index contributed by atoms with van der Waals surface area (Å²) in [5.41, 5.74) is 5.59. The Hall–Kier alpha value is -0.0800. The minimum atomic E-state index is 0.494. The van der Waals surface area contributed by atoms with E-state index in [4.69, 9.17) is 10.5 Å². The van der Waals surface area contributed by atoms with Gasteiger partial charge in [-0.2, -0.15) is 0 Å². The smallest absolute Gasteiger partial charge is 0.0513 e. The summed E-state index contributed by atoms with van der Waals surface area (Å²) in [6.07, 6.45) is 0. The Bertz CT molecular complexity index is 84.1. The molecule has 2 nitrogen and oxygen atoms in total. The molecule has 1 unspecified atom stereocenters. The zero-order chi connectivity index (χ0) is 4.85. The Balaban J connectivity index is 2.06. The van der Waals surface area contributed by atoms with Crippen molar-refractivity contribution in [2.75, 3.05) is 13.2 Å². The first-order valence-corrected chi connectivity index (χ1v) is 2.73. The summed E-state index contributed by atoms with van der Waals surface area (Å²) < 4.78 is 5.10. The lowest BCUT2D eigenvalue weighted by atomic mass is 10.4. The molecule has 0 radical (unpaired) electrons. The van der Waals surface area contributed by atoms with Gasteiger partial charge in [0.15, 0.2) is 0 Å². The van der Waals surface area contributed by atoms with Gasteiger partial charge < -0.3 is 10.5 Å². The Morgan fingerprint density at radius 2 is 1.86 bits per heavy atom. The molecule has 2 fully saturated rings. The monoisotopic (exact) mass is 99.1 g/mol. The Morgan fingerprint density at radius 3 is 2.14 bits per heavy atom. The van der Waals surface area contributed by atoms with Crippen LogP contribution in [-0.4, -0.2) is 19.3 Å². The van der Waals surface area contributed by atoms with Crippen LogP contribution in [0.25, 0.3) is 0 Å². The molecule has 0 bridgehead atoms. The van der Waals surface area contributed by atoms with Crippen LogP contribution in [0.15, 0.2) is 0 Å². The van der Waals surface area contributed by atoms with E-state index in [2.05, 4.69) is 0 Å². The van der Waals surface area contributed by atoms with Crippen LogP contribution in [-0.2, 0) is 4.74 Å². The van der Waals surface area contributed by atoms with Gasteiger partial charge in [0.2, 0.25) is 0 Å². The summed E-state index contributed by atoms with van der Waals surface area (Å²) in [6, 6.07) is 0.494. The molecule has 0 spiro atoms. The van der Waals surface area contributed by atoms with Crippen molar-refractivity contribution in [3.8, 4) is 0 Å². The third kappa shape index (κ3) is 0.359. The summed E-state index contributed by atoms with van der Waals surface area (Å²) in [5, 5.41) is 0. The van der Waals surface area contributed by atoms with Crippen molar-refractivity contribution in [2.24, 2.45) is 17.6 Å². The summed E-state index contributed by atoms with van der Waals surface area (Å²) in [4.78, 5) is 0. The maximum Gasteiger partial charge on any atom is 0.0513 e. The number of nitrogens with two attached hydrogens (primary N) is 1. The molecule has 0 aromatic carbocycles. The number of rotatable bonds is 0. The summed E-state index contributed by atoms with van der Waals surface area (Å²) in [6.45, 7) is 1.84. The van der Waals surface area contributed by atoms with E-state index in [9.17, 15) is 0 Å². The summed E-state index contributed by atoms with van der Waals surface area (Å²) in [7, 11) is 0. The van der Waals surface area contributed by atoms with Crippen LogP contribution < -0.4 is 5.73 Å². The molecule has 3 atom stereocenters. The highest BCUT2D eigenvalue weighted by Crippen LogP contribution is 2.41. The van der Waals surface area contributed by atoms with Gasteiger partial charge in [-0.05, 0) is 0 Å². The first-order valence-electron chi connectivity index (χ1n) is 2.73. The zero-order valence-electron chi connectivity index (χ0n) is 4.13. The van der Waals surface area contributed by atoms with Gasteiger partial charge in [0.1, 0.15) is 0 Å². The minimum absolute atomic E-state index is 0.494. The first kappa shape index (κ1) is 3.87. The van der Waals surface area contributed by atoms with Gasteiger partial charge in [0.25, 0.3) is 0 Å². The molecule has 0 aromatic rings. The fourth-order valence-electron chi connectivity index (χ4n) is 1.28. The molecule has 2 N–H and O–H groups in total. The zero-order valence-corrected chi connectivity index (χ0v) is 4.13. The van der Waals surface area contributed by atoms with Gasteiger partial charge >= 0.3 is 0 Å². The third-order valence-corrected chi connectivity index (χ3v) is 2.02. The largest absolute Gasteiger partial charge is 0.381 e. The van der Waals surface area contributed by atoms with Gasteiger partial charge in [-0.1, -0.05) is 0 Å². The molecule has 1 saturated heterocycles. The van der Waals surface area contributed by atoms with Crippen LogP contribution in [0.2, 0.25) is 0 Å². The second-order valence-electron chi connectivity index (χ2n) is 2.44. The van der Waals surface area contributed by atoms with Crippen molar-refractivity contribution in [1.82, 2.24) is 0 Å². The van der Waals surface area contributed by atoms with Crippen molar-refractivity contribution in [3.63, 3.8) is 0 Å². The second kappa shape index (κ2) is 1.01. The Kier molecular flexibility index (Phi) is 0.557. The molecule has 40 valence electrons. The standard InChI is InChI=1S/C5H9NO/c6-5-3-1-7-2-4(3)5/h3-5H,1-2,6H2/t3-,4+,5?. The van der Waals surface area contributed by atoms with Crippen LogP contribution in [0.1, 0.15) is 0 Å². The van der Waals surface area contributed by atoms with Crippen LogP contribution >= 0.6 is 0 Å². The SMILES string of the molecule is NC1[C@H]2COC[C@@H]12. The molecule has 7 heavy (non-hydrogen) atoms. The topological polar surface area (TPSA) is 35.2 Å². The number of ether oxygens (including phenoxy) is 1. The maximum atomic E-state index is 5.59. The lowest BCUT2D eigenvalue weighted by Crippen LogP contribution is -2.11. The number of fused-ring (bicyclic) bond motifs is 1. The predicted octanol–water partition coefficient (Wildman–Crippen LogP) is -0.410. The first-order chi connectivity index (χ1) is 3.39. The Morgan fingerprint density at radius 1 is 1.29 bits per heavy atom. The molecule has 2 aliphatic rings. The lowest BCUT2D eigenvalue weighted by molar-refractivity contribution is 0.160. The minimum Gasteiger partial charge on any atom is -0.381 e. The molecule has 1 saturated carbocycles. The average Bonchev–Trinajstić information content (AvgIpc) is 2.26. The fourth-order valence-corrected chi connectivity index (χ4v) is 1.28. The lowest BCUT2D eigenvalue weighted by Gasteiger charge is -1.93. The maximum absolute atomic E-state index is 5.59. The third-order valence-electron chi connectivity index (χ3n) is 2.02. The molecule has 0 amide bonds. The van der Waals surface area contributed by atoms with Gasteiger partial charge in [-0.25, -0.2) is 0 Å². The van der Waals surface area contributed by atoms with Crippen molar-refractivity contribution in [2.45, 2.75) is 6.04 Å². The molecular formula is C5H9NO. The van der Waals surface area contributed by atoms with Gasteiger partial charge in [0.05, 0.1) is 13.2 Å². The van der Waals surface area contributed by atoms with Crippen LogP contribution in [0.3, 0.4) is 0 Å². The van der Waals surface area contributed by atoms with Gasteiger partial charge in [0, 0.05) is 17.9 Å². The van der Waals surface area contributed by atoms with Crippen LogP contribution in [0.5, 0.6) is 0 Å². The average molecular weight is 99.1 g/mol. The van der Waals surface area contributed by atoms with Gasteiger partial charge in [-0.15, -0.1) is 0 Å². The van der Waals surface area contributed by atoms with E-state index >= 15 is 0 Å². The van der Waals surface area contributed by atoms with Crippen LogP contribution in [0.4, 0.5) is 0 Å². The number of hydrogen-bond donors (Lipinski definition) is 1. The normalized spacial score (nSPS) is 57.0.